The van der Waals surface area contributed by atoms with Crippen LogP contribution in [0.2, 0.25) is 0 Å². The third kappa shape index (κ3) is 5.67. The molecular weight excluding hydrogens is 290 g/mol. The highest BCUT2D eigenvalue weighted by atomic mass is 16.2. The van der Waals surface area contributed by atoms with E-state index in [0.29, 0.717) is 12.5 Å². The number of nitrogens with one attached hydrogen (secondary N) is 1. The van der Waals surface area contributed by atoms with Crippen molar-refractivity contribution in [3.63, 3.8) is 0 Å². The summed E-state index contributed by atoms with van der Waals surface area (Å²) in [6, 6.07) is 10.6. The quantitative estimate of drug-likeness (QED) is 0.856. The van der Waals surface area contributed by atoms with Gasteiger partial charge in [-0.25, -0.2) is 0 Å². The molecule has 2 amide bonds. The van der Waals surface area contributed by atoms with Crippen molar-refractivity contribution in [1.29, 1.82) is 0 Å². The summed E-state index contributed by atoms with van der Waals surface area (Å²) in [5.41, 5.74) is 1.40. The lowest BCUT2D eigenvalue weighted by Crippen LogP contribution is -2.44. The Morgan fingerprint density at radius 1 is 1.22 bits per heavy atom. The third-order valence-electron chi connectivity index (χ3n) is 4.52. The molecule has 23 heavy (non-hydrogen) atoms. The van der Waals surface area contributed by atoms with Gasteiger partial charge < -0.3 is 10.2 Å². The van der Waals surface area contributed by atoms with E-state index in [-0.39, 0.29) is 18.4 Å². The van der Waals surface area contributed by atoms with Crippen LogP contribution in [0.4, 0.5) is 0 Å². The van der Waals surface area contributed by atoms with Crippen LogP contribution in [-0.4, -0.2) is 61.9 Å². The molecule has 1 saturated heterocycles. The average Bonchev–Trinajstić information content (AvgIpc) is 2.57. The second-order valence-electron chi connectivity index (χ2n) is 6.33. The van der Waals surface area contributed by atoms with Gasteiger partial charge in [-0.2, -0.15) is 0 Å². The van der Waals surface area contributed by atoms with Crippen LogP contribution in [0.15, 0.2) is 30.3 Å². The van der Waals surface area contributed by atoms with Gasteiger partial charge in [0.25, 0.3) is 0 Å². The van der Waals surface area contributed by atoms with Crippen LogP contribution < -0.4 is 5.32 Å². The van der Waals surface area contributed by atoms with Gasteiger partial charge in [0.05, 0.1) is 13.1 Å². The summed E-state index contributed by atoms with van der Waals surface area (Å²) in [6.07, 6.45) is 3.38. The van der Waals surface area contributed by atoms with Gasteiger partial charge >= 0.3 is 0 Å². The van der Waals surface area contributed by atoms with E-state index in [1.54, 1.807) is 14.1 Å². The van der Waals surface area contributed by atoms with E-state index in [9.17, 15) is 9.59 Å². The van der Waals surface area contributed by atoms with E-state index in [1.165, 1.54) is 10.5 Å². The van der Waals surface area contributed by atoms with Crippen LogP contribution in [-0.2, 0) is 16.0 Å². The molecule has 5 heteroatoms. The molecule has 0 aliphatic carbocycles. The topological polar surface area (TPSA) is 52.7 Å². The second-order valence-corrected chi connectivity index (χ2v) is 6.33. The van der Waals surface area contributed by atoms with Crippen LogP contribution in [0.5, 0.6) is 0 Å². The van der Waals surface area contributed by atoms with E-state index in [0.717, 1.165) is 32.4 Å². The molecule has 1 aliphatic heterocycles. The van der Waals surface area contributed by atoms with E-state index < -0.39 is 0 Å². The zero-order valence-corrected chi connectivity index (χ0v) is 14.1. The Hall–Kier alpha value is -1.88. The Morgan fingerprint density at radius 3 is 2.48 bits per heavy atom. The molecule has 1 N–H and O–H groups in total. The molecular formula is C18H27N3O2. The minimum atomic E-state index is -0.137. The number of rotatable bonds is 6. The van der Waals surface area contributed by atoms with Crippen molar-refractivity contribution in [2.45, 2.75) is 19.3 Å². The minimum absolute atomic E-state index is 0.00936. The van der Waals surface area contributed by atoms with Crippen LogP contribution in [0.25, 0.3) is 0 Å². The number of likely N-dealkylation sites (tertiary alicyclic amines) is 1. The van der Waals surface area contributed by atoms with E-state index in [4.69, 9.17) is 0 Å². The van der Waals surface area contributed by atoms with E-state index >= 15 is 0 Å². The number of hydrogen-bond donors (Lipinski definition) is 1. The highest BCUT2D eigenvalue weighted by Gasteiger charge is 2.22. The van der Waals surface area contributed by atoms with Gasteiger partial charge in [0.1, 0.15) is 0 Å². The normalized spacial score (nSPS) is 16.1. The fourth-order valence-corrected chi connectivity index (χ4v) is 2.99. The molecule has 2 rings (SSSR count). The Kier molecular flexibility index (Phi) is 6.59. The SMILES string of the molecule is CNC(=O)CN(C)C(=O)CN1CCC(Cc2ccccc2)CC1. The first-order chi connectivity index (χ1) is 11.1. The smallest absolute Gasteiger partial charge is 0.239 e. The molecule has 0 unspecified atom stereocenters. The summed E-state index contributed by atoms with van der Waals surface area (Å²) in [5, 5.41) is 2.54. The molecule has 126 valence electrons. The average molecular weight is 317 g/mol. The summed E-state index contributed by atoms with van der Waals surface area (Å²) in [5.74, 6) is 0.574. The lowest BCUT2D eigenvalue weighted by molar-refractivity contribution is -0.135. The molecule has 0 saturated carbocycles. The first-order valence-electron chi connectivity index (χ1n) is 8.29. The Balaban J connectivity index is 1.72. The summed E-state index contributed by atoms with van der Waals surface area (Å²) in [4.78, 5) is 27.1. The predicted molar refractivity (Wildman–Crippen MR) is 91.0 cm³/mol. The zero-order chi connectivity index (χ0) is 16.7. The molecule has 1 fully saturated rings. The molecule has 0 aromatic heterocycles. The largest absolute Gasteiger partial charge is 0.358 e. The predicted octanol–water partition coefficient (Wildman–Crippen LogP) is 1.15. The Morgan fingerprint density at radius 2 is 1.87 bits per heavy atom. The molecule has 1 heterocycles. The number of carbonyl (C=O) groups excluding carboxylic acids is 2. The van der Waals surface area contributed by atoms with Crippen LogP contribution >= 0.6 is 0 Å². The maximum absolute atomic E-state index is 12.1. The first kappa shape index (κ1) is 17.5. The standard InChI is InChI=1S/C18H27N3O2/c1-19-17(22)13-20(2)18(23)14-21-10-8-16(9-11-21)12-15-6-4-3-5-7-15/h3-7,16H,8-14H2,1-2H3,(H,19,22). The number of likely N-dealkylation sites (N-methyl/N-ethyl adjacent to an activating group) is 2. The molecule has 0 spiro atoms. The monoisotopic (exact) mass is 317 g/mol. The van der Waals surface area contributed by atoms with Gasteiger partial charge in [0.2, 0.25) is 11.8 Å². The highest BCUT2D eigenvalue weighted by Crippen LogP contribution is 2.21. The molecule has 0 atom stereocenters. The first-order valence-corrected chi connectivity index (χ1v) is 8.29. The Labute approximate surface area is 138 Å². The van der Waals surface area contributed by atoms with Gasteiger partial charge in [-0.15, -0.1) is 0 Å². The maximum atomic E-state index is 12.1. The summed E-state index contributed by atoms with van der Waals surface area (Å²) in [7, 11) is 3.26. The van der Waals surface area contributed by atoms with Crippen LogP contribution in [0.1, 0.15) is 18.4 Å². The Bertz CT molecular complexity index is 510. The zero-order valence-electron chi connectivity index (χ0n) is 14.1. The lowest BCUT2D eigenvalue weighted by atomic mass is 9.90. The van der Waals surface area contributed by atoms with Crippen molar-refractivity contribution >= 4 is 11.8 Å². The van der Waals surface area contributed by atoms with Crippen LogP contribution in [0, 0.1) is 5.92 Å². The number of hydrogen-bond acceptors (Lipinski definition) is 3. The van der Waals surface area contributed by atoms with Crippen molar-refractivity contribution in [3.8, 4) is 0 Å². The van der Waals surface area contributed by atoms with E-state index in [1.807, 2.05) is 6.07 Å². The molecule has 0 radical (unpaired) electrons. The van der Waals surface area contributed by atoms with Crippen molar-refractivity contribution in [2.24, 2.45) is 5.92 Å². The van der Waals surface area contributed by atoms with Crippen molar-refractivity contribution in [2.75, 3.05) is 40.3 Å². The highest BCUT2D eigenvalue weighted by molar-refractivity contribution is 5.85. The second kappa shape index (κ2) is 8.67. The van der Waals surface area contributed by atoms with Gasteiger partial charge in [-0.3, -0.25) is 14.5 Å². The molecule has 5 nitrogen and oxygen atoms in total. The number of amides is 2. The molecule has 0 bridgehead atoms. The van der Waals surface area contributed by atoms with Gasteiger partial charge in [0.15, 0.2) is 0 Å². The number of carbonyl (C=O) groups is 2. The van der Waals surface area contributed by atoms with Crippen molar-refractivity contribution < 1.29 is 9.59 Å². The summed E-state index contributed by atoms with van der Waals surface area (Å²) < 4.78 is 0. The van der Waals surface area contributed by atoms with Crippen LogP contribution in [0.3, 0.4) is 0 Å². The number of benzene rings is 1. The minimum Gasteiger partial charge on any atom is -0.358 e. The third-order valence-corrected chi connectivity index (χ3v) is 4.52. The number of piperidine rings is 1. The molecule has 1 aromatic rings. The molecule has 1 aliphatic rings. The van der Waals surface area contributed by atoms with Gasteiger partial charge in [-0.1, -0.05) is 30.3 Å². The van der Waals surface area contributed by atoms with Gasteiger partial charge in [0, 0.05) is 14.1 Å². The lowest BCUT2D eigenvalue weighted by Gasteiger charge is -2.32. The maximum Gasteiger partial charge on any atom is 0.239 e. The van der Waals surface area contributed by atoms with Crippen molar-refractivity contribution in [3.05, 3.63) is 35.9 Å². The molecule has 1 aromatic carbocycles. The fraction of sp³-hybridized carbons (Fsp3) is 0.556. The number of nitrogens with zero attached hydrogens (tertiary/aromatic N) is 2. The summed E-state index contributed by atoms with van der Waals surface area (Å²) in [6.45, 7) is 2.44. The van der Waals surface area contributed by atoms with Crippen molar-refractivity contribution in [1.82, 2.24) is 15.1 Å². The van der Waals surface area contributed by atoms with E-state index in [2.05, 4.69) is 34.5 Å². The fourth-order valence-electron chi connectivity index (χ4n) is 2.99. The van der Waals surface area contributed by atoms with Gasteiger partial charge in [-0.05, 0) is 43.8 Å². The summed E-state index contributed by atoms with van der Waals surface area (Å²) >= 11 is 0.